The van der Waals surface area contributed by atoms with Crippen LogP contribution in [0, 0.1) is 87.3 Å². The Morgan fingerprint density at radius 1 is 0.225 bits per heavy atom. The van der Waals surface area contributed by atoms with Crippen LogP contribution in [0.25, 0.3) is 165 Å². The maximum atomic E-state index is 17.5. The monoisotopic (exact) mass is 1210 g/mol. The van der Waals surface area contributed by atoms with Gasteiger partial charge in [0.05, 0.1) is 50.3 Å². The Labute approximate surface area is 487 Å². The molecule has 3 aromatic heterocycles. The van der Waals surface area contributed by atoms with Crippen LogP contribution in [0.3, 0.4) is 0 Å². The summed E-state index contributed by atoms with van der Waals surface area (Å²) in [5, 5.41) is 2.27. The molecule has 5 heterocycles. The molecule has 0 unspecified atom stereocenters. The van der Waals surface area contributed by atoms with Crippen LogP contribution in [0.15, 0.2) is 146 Å². The third-order valence-electron chi connectivity index (χ3n) is 16.6. The van der Waals surface area contributed by atoms with Crippen molar-refractivity contribution >= 4 is 86.8 Å². The molecular formula is C69H26F15N5. The van der Waals surface area contributed by atoms with E-state index in [0.29, 0.717) is 26.9 Å². The minimum absolute atomic E-state index is 0.00781. The molecule has 0 radical (unpaired) electrons. The fourth-order valence-corrected chi connectivity index (χ4v) is 12.5. The normalized spacial score (nSPS) is 12.2. The van der Waals surface area contributed by atoms with E-state index in [4.69, 9.17) is 15.0 Å². The molecule has 2 N–H and O–H groups in total. The third-order valence-corrected chi connectivity index (χ3v) is 16.6. The molecule has 89 heavy (non-hydrogen) atoms. The summed E-state index contributed by atoms with van der Waals surface area (Å²) >= 11 is 0. The molecule has 0 aliphatic carbocycles. The first kappa shape index (κ1) is 53.5. The van der Waals surface area contributed by atoms with Crippen molar-refractivity contribution in [3.05, 3.63) is 233 Å². The minimum Gasteiger partial charge on any atom is -0.353 e. The van der Waals surface area contributed by atoms with E-state index in [1.807, 2.05) is 0 Å². The maximum absolute atomic E-state index is 17.5. The van der Waals surface area contributed by atoms with E-state index < -0.39 is 154 Å². The van der Waals surface area contributed by atoms with Crippen LogP contribution >= 0.6 is 0 Å². The Hall–Kier alpha value is -11.0. The van der Waals surface area contributed by atoms with Crippen LogP contribution in [-0.4, -0.2) is 24.9 Å². The molecule has 0 atom stereocenters. The molecule has 2 aliphatic rings. The topological polar surface area (TPSA) is 70.2 Å². The number of hydrogen-bond acceptors (Lipinski definition) is 3. The van der Waals surface area contributed by atoms with Gasteiger partial charge in [-0.1, -0.05) is 97.1 Å². The van der Waals surface area contributed by atoms with E-state index in [0.717, 1.165) is 0 Å². The van der Waals surface area contributed by atoms with Crippen molar-refractivity contribution in [1.82, 2.24) is 24.9 Å². The Bertz CT molecular complexity index is 5680. The number of aromatic nitrogens is 5. The Morgan fingerprint density at radius 3 is 0.809 bits per heavy atom. The summed E-state index contributed by atoms with van der Waals surface area (Å²) in [5.74, 6) is -37.5. The summed E-state index contributed by atoms with van der Waals surface area (Å²) in [4.78, 5) is 20.6. The predicted octanol–water partition coefficient (Wildman–Crippen LogP) is 20.4. The van der Waals surface area contributed by atoms with Crippen molar-refractivity contribution in [3.63, 3.8) is 0 Å². The molecule has 2 aliphatic heterocycles. The van der Waals surface area contributed by atoms with Crippen molar-refractivity contribution in [2.45, 2.75) is 0 Å². The quantitative estimate of drug-likeness (QED) is 0.105. The van der Waals surface area contributed by atoms with Crippen LogP contribution in [-0.2, 0) is 0 Å². The van der Waals surface area contributed by atoms with Gasteiger partial charge in [0.1, 0.15) is 5.65 Å². The Kier molecular flexibility index (Phi) is 11.4. The van der Waals surface area contributed by atoms with Crippen molar-refractivity contribution in [3.8, 4) is 78.5 Å². The molecule has 432 valence electrons. The largest absolute Gasteiger partial charge is 0.353 e. The molecule has 5 nitrogen and oxygen atoms in total. The highest BCUT2D eigenvalue weighted by Gasteiger charge is 2.38. The van der Waals surface area contributed by atoms with E-state index >= 15 is 65.9 Å². The first-order chi connectivity index (χ1) is 42.9. The highest BCUT2D eigenvalue weighted by molar-refractivity contribution is 6.23. The average Bonchev–Trinajstić information content (AvgIpc) is 1.60. The summed E-state index contributed by atoms with van der Waals surface area (Å²) in [5.41, 5.74) is -13.0. The highest BCUT2D eigenvalue weighted by Crippen LogP contribution is 2.54. The fourth-order valence-electron chi connectivity index (χ4n) is 12.5. The number of fused-ring (bicyclic) bond motifs is 24. The molecule has 0 saturated carbocycles. The van der Waals surface area contributed by atoms with Crippen LogP contribution in [0.5, 0.6) is 0 Å². The summed E-state index contributed by atoms with van der Waals surface area (Å²) in [6.45, 7) is 0. The minimum atomic E-state index is -2.64. The first-order valence-electron chi connectivity index (χ1n) is 26.9. The molecule has 20 heteroatoms. The first-order valence-corrected chi connectivity index (χ1v) is 26.9. The van der Waals surface area contributed by atoms with E-state index in [9.17, 15) is 0 Å². The lowest BCUT2D eigenvalue weighted by Gasteiger charge is -2.13. The number of benzene rings is 11. The number of nitrogens with zero attached hydrogens (tertiary/aromatic N) is 3. The zero-order valence-corrected chi connectivity index (χ0v) is 44.4. The Balaban J connectivity index is 1.29. The van der Waals surface area contributed by atoms with E-state index in [2.05, 4.69) is 9.97 Å². The molecule has 0 amide bonds. The van der Waals surface area contributed by atoms with Crippen molar-refractivity contribution in [2.24, 2.45) is 0 Å². The smallest absolute Gasteiger partial charge is 0.200 e. The molecular weight excluding hydrogens is 1180 g/mol. The molecule has 0 fully saturated rings. The van der Waals surface area contributed by atoms with Gasteiger partial charge in [-0.25, -0.2) is 80.8 Å². The standard InChI is InChI=1S/C69H26F15N5/c70-47-41(48(71)54(77)59(82)53(47)76)44-62-33-17-25-9-1-3-11-27(25)19-35(33)64(85-62)45(42-49(72)55(78)60(83)56(79)50(42)73)66-37-21-29-13-5-7-15-31(29)23-39(37)68(87-66)89-69-40-24-32-16-8-6-14-30(32)22-38(40)67(88-69)46(43-51(74)57(80)61(84)58(81)52(43)75)65-36-20-28-12-4-2-10-26(28)18-34(36)63(44)86-65/h1-24,85H,(H,87,88,89). The number of rotatable bonds is 3. The number of halogens is 15. The number of nitrogens with one attached hydrogen (secondary N) is 2. The zero-order valence-electron chi connectivity index (χ0n) is 44.4. The SMILES string of the molecule is Fc1c(F)c(F)c(-c2c3nc(c(-c4c(F)c(F)c(F)c(F)c4F)c4[nH]c(c(-c5c(F)c(F)c(F)c(F)c5F)c5nc(nc6[nH]c2c2cc7ccccc7cc62)-c2cc6ccccc6cc2-5)c2cc5ccccc5cc42)-c2cc4ccccc4cc2-3)c(F)c1F. The second kappa shape index (κ2) is 19.0. The highest BCUT2D eigenvalue weighted by atomic mass is 19.2. The zero-order chi connectivity index (χ0) is 61.5. The van der Waals surface area contributed by atoms with Crippen LogP contribution in [0.4, 0.5) is 65.9 Å². The van der Waals surface area contributed by atoms with Crippen molar-refractivity contribution in [1.29, 1.82) is 0 Å². The fraction of sp³-hybridized carbons (Fsp3) is 0. The maximum Gasteiger partial charge on any atom is 0.200 e. The van der Waals surface area contributed by atoms with Gasteiger partial charge in [-0.3, -0.25) is 0 Å². The van der Waals surface area contributed by atoms with Gasteiger partial charge in [-0.2, -0.15) is 0 Å². The van der Waals surface area contributed by atoms with Gasteiger partial charge in [0, 0.05) is 60.5 Å². The number of H-pyrrole nitrogens is 2. The number of hydrogen-bond donors (Lipinski definition) is 2. The van der Waals surface area contributed by atoms with Gasteiger partial charge in [0.25, 0.3) is 0 Å². The van der Waals surface area contributed by atoms with Gasteiger partial charge in [-0.05, 0) is 91.6 Å². The summed E-state index contributed by atoms with van der Waals surface area (Å²) in [7, 11) is 0. The van der Waals surface area contributed by atoms with Gasteiger partial charge < -0.3 is 9.97 Å². The lowest BCUT2D eigenvalue weighted by atomic mass is 9.91. The van der Waals surface area contributed by atoms with Crippen LogP contribution in [0.2, 0.25) is 0 Å². The molecule has 11 aromatic carbocycles. The van der Waals surface area contributed by atoms with Crippen LogP contribution < -0.4 is 0 Å². The van der Waals surface area contributed by atoms with E-state index in [1.165, 1.54) is 54.6 Å². The van der Waals surface area contributed by atoms with Crippen molar-refractivity contribution in [2.75, 3.05) is 0 Å². The van der Waals surface area contributed by atoms with Crippen LogP contribution in [0.1, 0.15) is 0 Å². The summed E-state index contributed by atoms with van der Waals surface area (Å²) in [6.07, 6.45) is 0. The average molecular weight is 1210 g/mol. The van der Waals surface area contributed by atoms with E-state index in [1.54, 1.807) is 91.0 Å². The third kappa shape index (κ3) is 7.45. The van der Waals surface area contributed by atoms with Gasteiger partial charge >= 0.3 is 0 Å². The number of aromatic amines is 2. The lowest BCUT2D eigenvalue weighted by molar-refractivity contribution is 0.381. The predicted molar refractivity (Wildman–Crippen MR) is 308 cm³/mol. The second-order valence-corrected chi connectivity index (χ2v) is 21.4. The lowest BCUT2D eigenvalue weighted by Crippen LogP contribution is -2.05. The second-order valence-electron chi connectivity index (χ2n) is 21.4. The molecule has 14 aromatic rings. The Morgan fingerprint density at radius 2 is 0.472 bits per heavy atom. The van der Waals surface area contributed by atoms with E-state index in [-0.39, 0.29) is 71.4 Å². The molecule has 0 saturated heterocycles. The molecule has 8 bridgehead atoms. The summed E-state index contributed by atoms with van der Waals surface area (Å²) in [6, 6.07) is 36.9. The van der Waals surface area contributed by atoms with Crippen molar-refractivity contribution < 1.29 is 65.9 Å². The molecule has 0 spiro atoms. The van der Waals surface area contributed by atoms with Gasteiger partial charge in [0.15, 0.2) is 75.6 Å². The van der Waals surface area contributed by atoms with Gasteiger partial charge in [0.2, 0.25) is 17.5 Å². The summed E-state index contributed by atoms with van der Waals surface area (Å²) < 4.78 is 248. The van der Waals surface area contributed by atoms with Gasteiger partial charge in [-0.15, -0.1) is 0 Å². The molecule has 16 rings (SSSR count).